The van der Waals surface area contributed by atoms with Crippen LogP contribution in [0.4, 0.5) is 0 Å². The first kappa shape index (κ1) is 10.0. The predicted molar refractivity (Wildman–Crippen MR) is 47.3 cm³/mol. The lowest BCUT2D eigenvalue weighted by Crippen LogP contribution is -1.98. The third kappa shape index (κ3) is 2.19. The Balaban J connectivity index is 3.30. The number of phenols is 1. The van der Waals surface area contributed by atoms with Crippen LogP contribution in [0.2, 0.25) is 0 Å². The van der Waals surface area contributed by atoms with Gasteiger partial charge in [-0.2, -0.15) is 8.42 Å². The molecule has 0 saturated carbocycles. The van der Waals surface area contributed by atoms with Crippen molar-refractivity contribution in [2.75, 3.05) is 0 Å². The van der Waals surface area contributed by atoms with E-state index >= 15 is 0 Å². The molecule has 5 heteroatoms. The van der Waals surface area contributed by atoms with Gasteiger partial charge in [-0.05, 0) is 30.2 Å². The largest absolute Gasteiger partial charge is 0.508 e. The van der Waals surface area contributed by atoms with Crippen molar-refractivity contribution in [3.63, 3.8) is 0 Å². The fourth-order valence-electron chi connectivity index (χ4n) is 1.01. The van der Waals surface area contributed by atoms with E-state index in [0.717, 1.165) is 6.07 Å². The number of aryl methyl sites for hydroxylation is 1. The van der Waals surface area contributed by atoms with Gasteiger partial charge >= 0.3 is 0 Å². The Bertz CT molecular complexity index is 408. The average Bonchev–Trinajstić information content (AvgIpc) is 2.03. The van der Waals surface area contributed by atoms with Gasteiger partial charge in [0.15, 0.2) is 0 Å². The van der Waals surface area contributed by atoms with Crippen LogP contribution in [0.3, 0.4) is 0 Å². The molecule has 1 aromatic carbocycles. The highest BCUT2D eigenvalue weighted by Gasteiger charge is 2.11. The van der Waals surface area contributed by atoms with Crippen LogP contribution in [0.5, 0.6) is 5.75 Å². The molecule has 0 fully saturated rings. The van der Waals surface area contributed by atoms with Crippen LogP contribution in [0.1, 0.15) is 12.5 Å². The number of hydrogen-bond acceptors (Lipinski definition) is 3. The lowest BCUT2D eigenvalue weighted by atomic mass is 10.1. The lowest BCUT2D eigenvalue weighted by Gasteiger charge is -2.02. The van der Waals surface area contributed by atoms with Gasteiger partial charge in [0.25, 0.3) is 10.1 Å². The van der Waals surface area contributed by atoms with Gasteiger partial charge in [0.05, 0.1) is 4.90 Å². The lowest BCUT2D eigenvalue weighted by molar-refractivity contribution is 0.466. The molecule has 13 heavy (non-hydrogen) atoms. The highest BCUT2D eigenvalue weighted by molar-refractivity contribution is 7.85. The second kappa shape index (κ2) is 3.35. The SMILES string of the molecule is CCc1cc(S(=O)(=O)O)ccc1O. The van der Waals surface area contributed by atoms with Crippen LogP contribution in [-0.4, -0.2) is 18.1 Å². The van der Waals surface area contributed by atoms with Crippen molar-refractivity contribution in [1.29, 1.82) is 0 Å². The fraction of sp³-hybridized carbons (Fsp3) is 0.250. The zero-order valence-electron chi connectivity index (χ0n) is 7.06. The molecular formula is C8H10O4S. The summed E-state index contributed by atoms with van der Waals surface area (Å²) in [6, 6.07) is 3.66. The van der Waals surface area contributed by atoms with Crippen molar-refractivity contribution in [2.45, 2.75) is 18.2 Å². The molecule has 0 radical (unpaired) electrons. The molecule has 0 bridgehead atoms. The van der Waals surface area contributed by atoms with Gasteiger partial charge in [-0.3, -0.25) is 4.55 Å². The molecule has 0 aliphatic carbocycles. The van der Waals surface area contributed by atoms with Gasteiger partial charge in [0, 0.05) is 0 Å². The first-order chi connectivity index (χ1) is 5.95. The summed E-state index contributed by atoms with van der Waals surface area (Å²) in [5, 5.41) is 9.22. The minimum atomic E-state index is -4.16. The van der Waals surface area contributed by atoms with E-state index in [2.05, 4.69) is 0 Å². The molecule has 0 spiro atoms. The zero-order valence-corrected chi connectivity index (χ0v) is 7.87. The van der Waals surface area contributed by atoms with Gasteiger partial charge in [-0.25, -0.2) is 0 Å². The van der Waals surface area contributed by atoms with Crippen molar-refractivity contribution in [3.05, 3.63) is 23.8 Å². The Labute approximate surface area is 76.6 Å². The van der Waals surface area contributed by atoms with Gasteiger partial charge in [0.1, 0.15) is 5.75 Å². The molecule has 0 amide bonds. The Kier molecular flexibility index (Phi) is 2.58. The summed E-state index contributed by atoms with van der Waals surface area (Å²) in [6.07, 6.45) is 0.509. The molecule has 0 heterocycles. The average molecular weight is 202 g/mol. The summed E-state index contributed by atoms with van der Waals surface area (Å²) in [7, 11) is -4.16. The second-order valence-electron chi connectivity index (χ2n) is 2.62. The number of phenolic OH excluding ortho intramolecular Hbond substituents is 1. The normalized spacial score (nSPS) is 11.5. The summed E-state index contributed by atoms with van der Waals surface area (Å²) in [5.74, 6) is 0.0369. The van der Waals surface area contributed by atoms with Crippen LogP contribution < -0.4 is 0 Å². The number of rotatable bonds is 2. The molecule has 0 aliphatic rings. The first-order valence-electron chi connectivity index (χ1n) is 3.74. The highest BCUT2D eigenvalue weighted by atomic mass is 32.2. The molecule has 2 N–H and O–H groups in total. The smallest absolute Gasteiger partial charge is 0.294 e. The minimum absolute atomic E-state index is 0.0369. The molecule has 72 valence electrons. The molecule has 4 nitrogen and oxygen atoms in total. The maximum atomic E-state index is 10.7. The van der Waals surface area contributed by atoms with Gasteiger partial charge in [-0.1, -0.05) is 6.92 Å². The van der Waals surface area contributed by atoms with Crippen LogP contribution in [-0.2, 0) is 16.5 Å². The molecule has 0 aliphatic heterocycles. The molecule has 1 aromatic rings. The maximum absolute atomic E-state index is 10.7. The van der Waals surface area contributed by atoms with Crippen LogP contribution in [0.15, 0.2) is 23.1 Å². The molecular weight excluding hydrogens is 192 g/mol. The maximum Gasteiger partial charge on any atom is 0.294 e. The van der Waals surface area contributed by atoms with Gasteiger partial charge < -0.3 is 5.11 Å². The van der Waals surface area contributed by atoms with E-state index in [1.807, 2.05) is 0 Å². The third-order valence-corrected chi connectivity index (χ3v) is 2.58. The molecule has 0 aromatic heterocycles. The summed E-state index contributed by atoms with van der Waals surface area (Å²) in [6.45, 7) is 1.78. The predicted octanol–water partition coefficient (Wildman–Crippen LogP) is 1.20. The molecule has 0 atom stereocenters. The quantitative estimate of drug-likeness (QED) is 0.707. The van der Waals surface area contributed by atoms with E-state index in [9.17, 15) is 13.5 Å². The minimum Gasteiger partial charge on any atom is -0.508 e. The van der Waals surface area contributed by atoms with E-state index in [0.29, 0.717) is 12.0 Å². The zero-order chi connectivity index (χ0) is 10.1. The molecule has 0 unspecified atom stereocenters. The van der Waals surface area contributed by atoms with E-state index in [1.54, 1.807) is 6.92 Å². The van der Waals surface area contributed by atoms with Crippen molar-refractivity contribution < 1.29 is 18.1 Å². The fourth-order valence-corrected chi connectivity index (χ4v) is 1.54. The summed E-state index contributed by atoms with van der Waals surface area (Å²) >= 11 is 0. The standard InChI is InChI=1S/C8H10O4S/c1-2-6-5-7(13(10,11)12)3-4-8(6)9/h3-5,9H,2H2,1H3,(H,10,11,12). The van der Waals surface area contributed by atoms with Gasteiger partial charge in [0.2, 0.25) is 0 Å². The summed E-state index contributed by atoms with van der Waals surface area (Å²) in [4.78, 5) is -0.192. The third-order valence-electron chi connectivity index (χ3n) is 1.73. The Hall–Kier alpha value is -1.07. The van der Waals surface area contributed by atoms with Gasteiger partial charge in [-0.15, -0.1) is 0 Å². The topological polar surface area (TPSA) is 74.6 Å². The molecule has 1 rings (SSSR count). The van der Waals surface area contributed by atoms with Crippen molar-refractivity contribution in [3.8, 4) is 5.75 Å². The van der Waals surface area contributed by atoms with E-state index in [4.69, 9.17) is 4.55 Å². The number of hydrogen-bond donors (Lipinski definition) is 2. The van der Waals surface area contributed by atoms with E-state index in [1.165, 1.54) is 12.1 Å². The Morgan fingerprint density at radius 2 is 2.00 bits per heavy atom. The van der Waals surface area contributed by atoms with Crippen molar-refractivity contribution in [1.82, 2.24) is 0 Å². The van der Waals surface area contributed by atoms with E-state index in [-0.39, 0.29) is 10.6 Å². The van der Waals surface area contributed by atoms with Crippen LogP contribution >= 0.6 is 0 Å². The van der Waals surface area contributed by atoms with Crippen LogP contribution in [0, 0.1) is 0 Å². The summed E-state index contributed by atoms with van der Waals surface area (Å²) < 4.78 is 30.1. The number of benzene rings is 1. The Morgan fingerprint density at radius 3 is 2.46 bits per heavy atom. The second-order valence-corrected chi connectivity index (χ2v) is 4.04. The Morgan fingerprint density at radius 1 is 1.38 bits per heavy atom. The monoisotopic (exact) mass is 202 g/mol. The first-order valence-corrected chi connectivity index (χ1v) is 5.18. The number of aromatic hydroxyl groups is 1. The highest BCUT2D eigenvalue weighted by Crippen LogP contribution is 2.21. The van der Waals surface area contributed by atoms with Crippen molar-refractivity contribution >= 4 is 10.1 Å². The van der Waals surface area contributed by atoms with E-state index < -0.39 is 10.1 Å². The summed E-state index contributed by atoms with van der Waals surface area (Å²) in [5.41, 5.74) is 0.495. The molecule has 0 saturated heterocycles. The van der Waals surface area contributed by atoms with Crippen molar-refractivity contribution in [2.24, 2.45) is 0 Å². The van der Waals surface area contributed by atoms with Crippen LogP contribution in [0.25, 0.3) is 0 Å².